The van der Waals surface area contributed by atoms with Crippen molar-refractivity contribution < 1.29 is 4.74 Å². The maximum absolute atomic E-state index is 5.50. The maximum Gasteiger partial charge on any atom is 0.0627 e. The molecule has 0 heterocycles. The standard InChI is InChI=1S/C5H10ClO/c1-3-7-4-5(2)6/h5H,1,3-4H2,2H3. The molecule has 43 valence electrons. The van der Waals surface area contributed by atoms with Gasteiger partial charge in [-0.25, -0.2) is 0 Å². The summed E-state index contributed by atoms with van der Waals surface area (Å²) in [5.74, 6) is 0. The first-order valence-corrected chi connectivity index (χ1v) is 2.72. The fourth-order valence-corrected chi connectivity index (χ4v) is 0.335. The molecule has 1 atom stereocenters. The maximum atomic E-state index is 5.50. The van der Waals surface area contributed by atoms with Crippen LogP contribution in [0.3, 0.4) is 0 Å². The Bertz CT molecular complexity index is 37.1. The molecule has 0 aliphatic rings. The monoisotopic (exact) mass is 121 g/mol. The van der Waals surface area contributed by atoms with Crippen molar-refractivity contribution in [1.82, 2.24) is 0 Å². The van der Waals surface area contributed by atoms with Crippen LogP contribution in [0.2, 0.25) is 0 Å². The van der Waals surface area contributed by atoms with Gasteiger partial charge in [0.1, 0.15) is 0 Å². The molecule has 0 bridgehead atoms. The summed E-state index contributed by atoms with van der Waals surface area (Å²) in [5.41, 5.74) is 0. The van der Waals surface area contributed by atoms with E-state index in [0.717, 1.165) is 0 Å². The molecule has 0 amide bonds. The largest absolute Gasteiger partial charge is 0.380 e. The number of alkyl halides is 1. The van der Waals surface area contributed by atoms with E-state index in [-0.39, 0.29) is 5.38 Å². The molecule has 0 aliphatic carbocycles. The second-order valence-electron chi connectivity index (χ2n) is 1.36. The summed E-state index contributed by atoms with van der Waals surface area (Å²) < 4.78 is 4.85. The number of halogens is 1. The number of rotatable bonds is 3. The first kappa shape index (κ1) is 7.25. The van der Waals surface area contributed by atoms with E-state index in [0.29, 0.717) is 13.2 Å². The van der Waals surface area contributed by atoms with Crippen LogP contribution in [-0.4, -0.2) is 18.6 Å². The van der Waals surface area contributed by atoms with Gasteiger partial charge in [0, 0.05) is 6.61 Å². The van der Waals surface area contributed by atoms with Gasteiger partial charge in [-0.2, -0.15) is 0 Å². The second kappa shape index (κ2) is 4.41. The van der Waals surface area contributed by atoms with Crippen LogP contribution in [0.4, 0.5) is 0 Å². The molecule has 2 heteroatoms. The van der Waals surface area contributed by atoms with Gasteiger partial charge < -0.3 is 4.74 Å². The molecule has 0 aliphatic heterocycles. The van der Waals surface area contributed by atoms with E-state index >= 15 is 0 Å². The van der Waals surface area contributed by atoms with Crippen LogP contribution >= 0.6 is 11.6 Å². The molecule has 1 nitrogen and oxygen atoms in total. The molecule has 0 saturated heterocycles. The highest BCUT2D eigenvalue weighted by molar-refractivity contribution is 6.20. The Balaban J connectivity index is 2.68. The Kier molecular flexibility index (Phi) is 4.57. The zero-order valence-corrected chi connectivity index (χ0v) is 5.24. The topological polar surface area (TPSA) is 9.23 Å². The third-order valence-corrected chi connectivity index (χ3v) is 0.618. The Morgan fingerprint density at radius 2 is 2.43 bits per heavy atom. The zero-order chi connectivity index (χ0) is 5.70. The molecule has 0 saturated carbocycles. The van der Waals surface area contributed by atoms with Gasteiger partial charge in [-0.1, -0.05) is 0 Å². The van der Waals surface area contributed by atoms with E-state index in [4.69, 9.17) is 16.3 Å². The predicted molar refractivity (Wildman–Crippen MR) is 31.5 cm³/mol. The van der Waals surface area contributed by atoms with Gasteiger partial charge >= 0.3 is 0 Å². The van der Waals surface area contributed by atoms with Gasteiger partial charge in [0.25, 0.3) is 0 Å². The van der Waals surface area contributed by atoms with Crippen molar-refractivity contribution in [3.63, 3.8) is 0 Å². The van der Waals surface area contributed by atoms with Crippen molar-refractivity contribution >= 4 is 11.6 Å². The van der Waals surface area contributed by atoms with E-state index in [1.807, 2.05) is 6.92 Å². The molecule has 0 aromatic rings. The van der Waals surface area contributed by atoms with E-state index in [9.17, 15) is 0 Å². The Labute approximate surface area is 49.6 Å². The molecule has 0 fully saturated rings. The van der Waals surface area contributed by atoms with Crippen LogP contribution in [0.1, 0.15) is 6.92 Å². The summed E-state index contributed by atoms with van der Waals surface area (Å²) in [6.45, 7) is 6.48. The smallest absolute Gasteiger partial charge is 0.0627 e. The van der Waals surface area contributed by atoms with Gasteiger partial charge in [0.15, 0.2) is 0 Å². The van der Waals surface area contributed by atoms with Crippen molar-refractivity contribution in [1.29, 1.82) is 0 Å². The lowest BCUT2D eigenvalue weighted by atomic mass is 10.5. The van der Waals surface area contributed by atoms with E-state index in [1.54, 1.807) is 0 Å². The molecule has 7 heavy (non-hydrogen) atoms. The van der Waals surface area contributed by atoms with Crippen molar-refractivity contribution in [3.05, 3.63) is 6.92 Å². The van der Waals surface area contributed by atoms with E-state index in [1.165, 1.54) is 0 Å². The third kappa shape index (κ3) is 6.25. The van der Waals surface area contributed by atoms with Crippen LogP contribution in [0.15, 0.2) is 0 Å². The summed E-state index contributed by atoms with van der Waals surface area (Å²) in [6, 6.07) is 0. The minimum absolute atomic E-state index is 0.113. The molecule has 0 aromatic carbocycles. The van der Waals surface area contributed by atoms with Crippen molar-refractivity contribution in [2.24, 2.45) is 0 Å². The van der Waals surface area contributed by atoms with Crippen LogP contribution in [0, 0.1) is 6.92 Å². The Morgan fingerprint density at radius 3 is 2.57 bits per heavy atom. The molecular weight excluding hydrogens is 112 g/mol. The summed E-state index contributed by atoms with van der Waals surface area (Å²) in [7, 11) is 0. The van der Waals surface area contributed by atoms with Crippen molar-refractivity contribution in [2.75, 3.05) is 13.2 Å². The molecule has 0 N–H and O–H groups in total. The molecule has 1 radical (unpaired) electrons. The quantitative estimate of drug-likeness (QED) is 0.514. The summed E-state index contributed by atoms with van der Waals surface area (Å²) in [4.78, 5) is 0. The fraction of sp³-hybridized carbons (Fsp3) is 0.800. The average Bonchev–Trinajstić information content (AvgIpc) is 1.61. The molecule has 1 unspecified atom stereocenters. The predicted octanol–water partition coefficient (Wildman–Crippen LogP) is 1.46. The summed E-state index contributed by atoms with van der Waals surface area (Å²) >= 11 is 5.50. The normalized spacial score (nSPS) is 14.1. The highest BCUT2D eigenvalue weighted by Gasteiger charge is 1.91. The fourth-order valence-electron chi connectivity index (χ4n) is 0.246. The first-order chi connectivity index (χ1) is 3.27. The molecule has 0 rings (SSSR count). The molecular formula is C5H10ClO. The minimum Gasteiger partial charge on any atom is -0.380 e. The van der Waals surface area contributed by atoms with Gasteiger partial charge in [0.2, 0.25) is 0 Å². The third-order valence-electron chi connectivity index (χ3n) is 0.492. The zero-order valence-electron chi connectivity index (χ0n) is 4.48. The Hall–Kier alpha value is 0.250. The minimum atomic E-state index is 0.113. The van der Waals surface area contributed by atoms with Gasteiger partial charge in [0.05, 0.1) is 12.0 Å². The highest BCUT2D eigenvalue weighted by atomic mass is 35.5. The van der Waals surface area contributed by atoms with Gasteiger partial charge in [-0.05, 0) is 13.8 Å². The second-order valence-corrected chi connectivity index (χ2v) is 2.10. The highest BCUT2D eigenvalue weighted by Crippen LogP contribution is 1.91. The van der Waals surface area contributed by atoms with E-state index in [2.05, 4.69) is 6.92 Å². The Morgan fingerprint density at radius 1 is 1.86 bits per heavy atom. The average molecular weight is 122 g/mol. The lowest BCUT2D eigenvalue weighted by Gasteiger charge is -1.99. The first-order valence-electron chi connectivity index (χ1n) is 2.28. The van der Waals surface area contributed by atoms with E-state index < -0.39 is 0 Å². The van der Waals surface area contributed by atoms with Crippen molar-refractivity contribution in [2.45, 2.75) is 12.3 Å². The lowest BCUT2D eigenvalue weighted by Crippen LogP contribution is -2.03. The number of hydrogen-bond donors (Lipinski definition) is 0. The van der Waals surface area contributed by atoms with Gasteiger partial charge in [-0.15, -0.1) is 11.6 Å². The van der Waals surface area contributed by atoms with Crippen molar-refractivity contribution in [3.8, 4) is 0 Å². The van der Waals surface area contributed by atoms with Crippen LogP contribution in [0.25, 0.3) is 0 Å². The molecule has 0 spiro atoms. The summed E-state index contributed by atoms with van der Waals surface area (Å²) in [6.07, 6.45) is 0. The van der Waals surface area contributed by atoms with Gasteiger partial charge in [-0.3, -0.25) is 0 Å². The number of ether oxygens (including phenoxy) is 1. The summed E-state index contributed by atoms with van der Waals surface area (Å²) in [5, 5.41) is 0.113. The van der Waals surface area contributed by atoms with Crippen LogP contribution < -0.4 is 0 Å². The number of hydrogen-bond acceptors (Lipinski definition) is 1. The molecule has 0 aromatic heterocycles. The lowest BCUT2D eigenvalue weighted by molar-refractivity contribution is 0.164. The SMILES string of the molecule is [CH2]COCC(C)Cl. The van der Waals surface area contributed by atoms with Crippen LogP contribution in [-0.2, 0) is 4.74 Å². The van der Waals surface area contributed by atoms with Crippen LogP contribution in [0.5, 0.6) is 0 Å².